The summed E-state index contributed by atoms with van der Waals surface area (Å²) in [6.07, 6.45) is 5.23. The fourth-order valence-electron chi connectivity index (χ4n) is 3.79. The van der Waals surface area contributed by atoms with Gasteiger partial charge >= 0.3 is 0 Å². The zero-order valence-corrected chi connectivity index (χ0v) is 19.5. The molecule has 5 rings (SSSR count). The van der Waals surface area contributed by atoms with Gasteiger partial charge in [-0.25, -0.2) is 18.4 Å². The Labute approximate surface area is 200 Å². The van der Waals surface area contributed by atoms with Gasteiger partial charge in [0, 0.05) is 40.8 Å². The summed E-state index contributed by atoms with van der Waals surface area (Å²) in [5, 5.41) is 7.18. The molecule has 0 aliphatic rings. The molecule has 8 heteroatoms. The van der Waals surface area contributed by atoms with Crippen LogP contribution < -0.4 is 5.32 Å². The number of carbonyl (C=O) groups excluding carboxylic acids is 1. The van der Waals surface area contributed by atoms with Crippen molar-refractivity contribution in [1.82, 2.24) is 19.3 Å². The number of anilines is 1. The van der Waals surface area contributed by atoms with Crippen LogP contribution >= 0.6 is 0 Å². The van der Waals surface area contributed by atoms with Crippen molar-refractivity contribution in [3.63, 3.8) is 0 Å². The minimum Gasteiger partial charge on any atom is -0.326 e. The number of amides is 1. The van der Waals surface area contributed by atoms with E-state index in [2.05, 4.69) is 15.4 Å². The molecule has 2 aromatic heterocycles. The largest absolute Gasteiger partial charge is 0.326 e. The Bertz CT molecular complexity index is 1550. The van der Waals surface area contributed by atoms with E-state index in [9.17, 15) is 13.6 Å². The van der Waals surface area contributed by atoms with E-state index in [-0.39, 0.29) is 11.5 Å². The smallest absolute Gasteiger partial charge is 0.229 e. The number of halogens is 2. The number of aromatic nitrogens is 4. The van der Waals surface area contributed by atoms with Crippen molar-refractivity contribution >= 4 is 22.6 Å². The number of hydrogen-bond donors (Lipinski definition) is 1. The van der Waals surface area contributed by atoms with Gasteiger partial charge in [-0.2, -0.15) is 5.10 Å². The van der Waals surface area contributed by atoms with Crippen molar-refractivity contribution in [2.45, 2.75) is 20.8 Å². The molecule has 0 saturated heterocycles. The number of carbonyl (C=O) groups is 1. The lowest BCUT2D eigenvalue weighted by Gasteiger charge is -2.19. The monoisotopic (exact) mass is 471 g/mol. The maximum atomic E-state index is 14.7. The summed E-state index contributed by atoms with van der Waals surface area (Å²) >= 11 is 0. The minimum atomic E-state index is -0.686. The zero-order chi connectivity index (χ0) is 24.7. The highest BCUT2D eigenvalue weighted by Crippen LogP contribution is 2.31. The first-order valence-corrected chi connectivity index (χ1v) is 11.1. The topological polar surface area (TPSA) is 64.7 Å². The molecular weight excluding hydrogens is 448 g/mol. The highest BCUT2D eigenvalue weighted by molar-refractivity contribution is 5.95. The van der Waals surface area contributed by atoms with Crippen LogP contribution in [0.5, 0.6) is 0 Å². The van der Waals surface area contributed by atoms with Gasteiger partial charge in [0.15, 0.2) is 0 Å². The van der Waals surface area contributed by atoms with Crippen LogP contribution in [0.25, 0.3) is 33.5 Å². The molecule has 5 aromatic rings. The van der Waals surface area contributed by atoms with Gasteiger partial charge in [0.25, 0.3) is 0 Å². The Kier molecular flexibility index (Phi) is 5.43. The number of fused-ring (bicyclic) bond motifs is 1. The normalized spacial score (nSPS) is 11.7. The number of hydrogen-bond acceptors (Lipinski definition) is 3. The first-order chi connectivity index (χ1) is 16.7. The lowest BCUT2D eigenvalue weighted by atomic mass is 9.95. The van der Waals surface area contributed by atoms with Crippen LogP contribution in [0.15, 0.2) is 79.4 Å². The summed E-state index contributed by atoms with van der Waals surface area (Å²) in [6.45, 7) is 5.44. The SMILES string of the molecule is CC(C)(C)C(=O)Nc1cc(-c2ccc(F)cc2F)cc(-n2cnc3cc(-n4cccn4)ccc32)c1. The molecule has 0 bridgehead atoms. The summed E-state index contributed by atoms with van der Waals surface area (Å²) in [4.78, 5) is 17.2. The second-order valence-corrected chi connectivity index (χ2v) is 9.34. The van der Waals surface area contributed by atoms with E-state index in [0.717, 1.165) is 22.8 Å². The maximum Gasteiger partial charge on any atom is 0.229 e. The molecule has 0 aliphatic heterocycles. The summed E-state index contributed by atoms with van der Waals surface area (Å²) in [6, 6.07) is 16.3. The molecule has 1 amide bonds. The Balaban J connectivity index is 1.64. The number of benzene rings is 3. The predicted molar refractivity (Wildman–Crippen MR) is 132 cm³/mol. The third kappa shape index (κ3) is 4.42. The second kappa shape index (κ2) is 8.47. The van der Waals surface area contributed by atoms with Crippen molar-refractivity contribution in [2.24, 2.45) is 5.41 Å². The highest BCUT2D eigenvalue weighted by atomic mass is 19.1. The average molecular weight is 472 g/mol. The molecule has 0 spiro atoms. The van der Waals surface area contributed by atoms with Gasteiger partial charge in [0.2, 0.25) is 5.91 Å². The Morgan fingerprint density at radius 3 is 2.51 bits per heavy atom. The number of imidazole rings is 1. The molecule has 0 atom stereocenters. The maximum absolute atomic E-state index is 14.7. The quantitative estimate of drug-likeness (QED) is 0.342. The molecular formula is C27H23F2N5O. The van der Waals surface area contributed by atoms with Gasteiger partial charge < -0.3 is 5.32 Å². The highest BCUT2D eigenvalue weighted by Gasteiger charge is 2.22. The van der Waals surface area contributed by atoms with Crippen molar-refractivity contribution in [1.29, 1.82) is 0 Å². The van der Waals surface area contributed by atoms with Crippen LogP contribution in [0.2, 0.25) is 0 Å². The van der Waals surface area contributed by atoms with Crippen LogP contribution in [-0.4, -0.2) is 25.2 Å². The lowest BCUT2D eigenvalue weighted by Crippen LogP contribution is -2.27. The molecule has 0 radical (unpaired) electrons. The van der Waals surface area contributed by atoms with E-state index in [4.69, 9.17) is 0 Å². The fraction of sp³-hybridized carbons (Fsp3) is 0.148. The van der Waals surface area contributed by atoms with Gasteiger partial charge in [0.1, 0.15) is 18.0 Å². The average Bonchev–Trinajstić information content (AvgIpc) is 3.48. The van der Waals surface area contributed by atoms with Crippen molar-refractivity contribution in [3.05, 3.63) is 91.0 Å². The molecule has 0 saturated carbocycles. The van der Waals surface area contributed by atoms with E-state index in [1.807, 2.05) is 55.8 Å². The van der Waals surface area contributed by atoms with Crippen molar-refractivity contribution in [3.8, 4) is 22.5 Å². The standard InChI is InChI=1S/C27H23F2N5O/c1-27(2,3)26(35)32-19-11-17(22-7-5-18(28)13-23(22)29)12-21(14-19)33-16-30-24-15-20(6-8-25(24)33)34-10-4-9-31-34/h4-16H,1-3H3,(H,32,35). The molecule has 0 aliphatic carbocycles. The van der Waals surface area contributed by atoms with E-state index in [1.54, 1.807) is 35.4 Å². The van der Waals surface area contributed by atoms with Crippen molar-refractivity contribution < 1.29 is 13.6 Å². The predicted octanol–water partition coefficient (Wildman–Crippen LogP) is 6.14. The van der Waals surface area contributed by atoms with Gasteiger partial charge in [-0.15, -0.1) is 0 Å². The van der Waals surface area contributed by atoms with Crippen LogP contribution in [0, 0.1) is 17.0 Å². The summed E-state index contributed by atoms with van der Waals surface area (Å²) < 4.78 is 31.8. The van der Waals surface area contributed by atoms with Gasteiger partial charge in [-0.1, -0.05) is 20.8 Å². The Morgan fingerprint density at radius 2 is 1.80 bits per heavy atom. The summed E-state index contributed by atoms with van der Waals surface area (Å²) in [5.74, 6) is -1.52. The Morgan fingerprint density at radius 1 is 0.971 bits per heavy atom. The Hall–Kier alpha value is -4.33. The molecule has 176 valence electrons. The first kappa shape index (κ1) is 22.5. The fourth-order valence-corrected chi connectivity index (χ4v) is 3.79. The van der Waals surface area contributed by atoms with E-state index in [0.29, 0.717) is 16.9 Å². The van der Waals surface area contributed by atoms with Crippen LogP contribution in [0.3, 0.4) is 0 Å². The van der Waals surface area contributed by atoms with Gasteiger partial charge in [0.05, 0.1) is 16.7 Å². The lowest BCUT2D eigenvalue weighted by molar-refractivity contribution is -0.123. The molecule has 3 aromatic carbocycles. The molecule has 6 nitrogen and oxygen atoms in total. The molecule has 0 unspecified atom stereocenters. The summed E-state index contributed by atoms with van der Waals surface area (Å²) in [7, 11) is 0. The number of nitrogens with zero attached hydrogens (tertiary/aromatic N) is 4. The van der Waals surface area contributed by atoms with Crippen LogP contribution in [-0.2, 0) is 4.79 Å². The molecule has 1 N–H and O–H groups in total. The molecule has 35 heavy (non-hydrogen) atoms. The first-order valence-electron chi connectivity index (χ1n) is 11.1. The third-order valence-corrected chi connectivity index (χ3v) is 5.68. The van der Waals surface area contributed by atoms with Crippen LogP contribution in [0.1, 0.15) is 20.8 Å². The summed E-state index contributed by atoms with van der Waals surface area (Å²) in [5.41, 5.74) is 3.71. The van der Waals surface area contributed by atoms with Gasteiger partial charge in [-0.05, 0) is 60.2 Å². The van der Waals surface area contributed by atoms with Crippen molar-refractivity contribution in [2.75, 3.05) is 5.32 Å². The van der Waals surface area contributed by atoms with E-state index in [1.165, 1.54) is 12.1 Å². The van der Waals surface area contributed by atoms with E-state index >= 15 is 0 Å². The molecule has 0 fully saturated rings. The number of nitrogens with one attached hydrogen (secondary N) is 1. The second-order valence-electron chi connectivity index (χ2n) is 9.34. The van der Waals surface area contributed by atoms with Crippen LogP contribution in [0.4, 0.5) is 14.5 Å². The third-order valence-electron chi connectivity index (χ3n) is 5.68. The zero-order valence-electron chi connectivity index (χ0n) is 19.5. The van der Waals surface area contributed by atoms with Gasteiger partial charge in [-0.3, -0.25) is 9.36 Å². The van der Waals surface area contributed by atoms with E-state index < -0.39 is 17.0 Å². The molecule has 2 heterocycles. The minimum absolute atomic E-state index is 0.181. The number of rotatable bonds is 4.